The first-order valence-electron chi connectivity index (χ1n) is 4.94. The predicted octanol–water partition coefficient (Wildman–Crippen LogP) is 2.11. The molecule has 1 heterocycles. The topological polar surface area (TPSA) is 78.9 Å². The number of carbonyl (C=O) groups excluding carboxylic acids is 1. The Balaban J connectivity index is 2.12. The molecular formula is C12H9N3O2. The molecule has 0 aliphatic rings. The van der Waals surface area contributed by atoms with Crippen molar-refractivity contribution in [2.75, 3.05) is 5.32 Å². The van der Waals surface area contributed by atoms with Crippen molar-refractivity contribution in [3.63, 3.8) is 0 Å². The number of nitrogens with one attached hydrogen (secondary N) is 1. The smallest absolute Gasteiger partial charge is 0.256 e. The van der Waals surface area contributed by atoms with Gasteiger partial charge in [0.25, 0.3) is 5.91 Å². The number of aryl methyl sites for hydroxylation is 1. The van der Waals surface area contributed by atoms with Crippen LogP contribution in [0.1, 0.15) is 21.7 Å². The highest BCUT2D eigenvalue weighted by Crippen LogP contribution is 2.10. The number of anilines is 1. The molecule has 1 N–H and O–H groups in total. The number of rotatable bonds is 2. The average molecular weight is 227 g/mol. The second-order valence-corrected chi connectivity index (χ2v) is 3.47. The molecule has 0 spiro atoms. The van der Waals surface area contributed by atoms with E-state index in [0.29, 0.717) is 22.7 Å². The first-order chi connectivity index (χ1) is 8.19. The number of nitriles is 1. The third-order valence-corrected chi connectivity index (χ3v) is 2.15. The van der Waals surface area contributed by atoms with Crippen molar-refractivity contribution in [3.05, 3.63) is 47.2 Å². The van der Waals surface area contributed by atoms with Gasteiger partial charge in [0, 0.05) is 11.6 Å². The maximum Gasteiger partial charge on any atom is 0.256 e. The normalized spacial score (nSPS) is 9.65. The first-order valence-corrected chi connectivity index (χ1v) is 4.94. The van der Waals surface area contributed by atoms with Gasteiger partial charge in [-0.1, -0.05) is 5.16 Å². The molecule has 0 unspecified atom stereocenters. The van der Waals surface area contributed by atoms with E-state index < -0.39 is 0 Å². The Morgan fingerprint density at radius 1 is 1.41 bits per heavy atom. The van der Waals surface area contributed by atoms with E-state index in [-0.39, 0.29) is 5.91 Å². The number of hydrogen-bond acceptors (Lipinski definition) is 4. The summed E-state index contributed by atoms with van der Waals surface area (Å²) in [5, 5.41) is 14.9. The highest BCUT2D eigenvalue weighted by Gasteiger charge is 2.08. The third kappa shape index (κ3) is 2.49. The minimum absolute atomic E-state index is 0.289. The van der Waals surface area contributed by atoms with Crippen molar-refractivity contribution in [1.82, 2.24) is 5.16 Å². The zero-order valence-corrected chi connectivity index (χ0v) is 9.10. The van der Waals surface area contributed by atoms with Crippen LogP contribution >= 0.6 is 0 Å². The van der Waals surface area contributed by atoms with Crippen LogP contribution in [0.2, 0.25) is 0 Å². The summed E-state index contributed by atoms with van der Waals surface area (Å²) < 4.78 is 4.83. The second-order valence-electron chi connectivity index (χ2n) is 3.47. The standard InChI is InChI=1S/C12H9N3O2/c1-8-6-11(15-17-8)14-12(16)10-4-2-9(7-13)3-5-10/h2-6H,1H3,(H,14,15,16). The van der Waals surface area contributed by atoms with E-state index in [1.807, 2.05) is 6.07 Å². The average Bonchev–Trinajstić information content (AvgIpc) is 2.75. The quantitative estimate of drug-likeness (QED) is 0.852. The summed E-state index contributed by atoms with van der Waals surface area (Å²) in [6.45, 7) is 1.74. The number of amides is 1. The summed E-state index contributed by atoms with van der Waals surface area (Å²) in [6.07, 6.45) is 0. The monoisotopic (exact) mass is 227 g/mol. The van der Waals surface area contributed by atoms with E-state index in [4.69, 9.17) is 9.78 Å². The van der Waals surface area contributed by atoms with Gasteiger partial charge < -0.3 is 9.84 Å². The minimum Gasteiger partial charge on any atom is -0.360 e. The summed E-state index contributed by atoms with van der Waals surface area (Å²) in [5.41, 5.74) is 0.975. The van der Waals surface area contributed by atoms with Gasteiger partial charge in [-0.15, -0.1) is 0 Å². The third-order valence-electron chi connectivity index (χ3n) is 2.15. The van der Waals surface area contributed by atoms with Gasteiger partial charge in [0.2, 0.25) is 0 Å². The van der Waals surface area contributed by atoms with Gasteiger partial charge in [0.1, 0.15) is 5.76 Å². The van der Waals surface area contributed by atoms with Crippen LogP contribution in [0.4, 0.5) is 5.82 Å². The van der Waals surface area contributed by atoms with E-state index in [1.165, 1.54) is 0 Å². The minimum atomic E-state index is -0.289. The number of hydrogen-bond donors (Lipinski definition) is 1. The van der Waals surface area contributed by atoms with Gasteiger partial charge in [-0.2, -0.15) is 5.26 Å². The Kier molecular flexibility index (Phi) is 2.88. The fraction of sp³-hybridized carbons (Fsp3) is 0.0833. The molecule has 0 atom stereocenters. The largest absolute Gasteiger partial charge is 0.360 e. The Hall–Kier alpha value is -2.61. The molecule has 0 aliphatic carbocycles. The van der Waals surface area contributed by atoms with Gasteiger partial charge >= 0.3 is 0 Å². The van der Waals surface area contributed by atoms with Crippen LogP contribution in [0, 0.1) is 18.3 Å². The number of benzene rings is 1. The fourth-order valence-electron chi connectivity index (χ4n) is 1.31. The van der Waals surface area contributed by atoms with Crippen molar-refractivity contribution >= 4 is 11.7 Å². The van der Waals surface area contributed by atoms with Crippen LogP contribution in [-0.4, -0.2) is 11.1 Å². The molecule has 2 rings (SSSR count). The number of aromatic nitrogens is 1. The number of carbonyl (C=O) groups is 1. The lowest BCUT2D eigenvalue weighted by Crippen LogP contribution is -2.11. The van der Waals surface area contributed by atoms with Crippen LogP contribution in [0.25, 0.3) is 0 Å². The molecule has 0 saturated carbocycles. The summed E-state index contributed by atoms with van der Waals surface area (Å²) in [6, 6.07) is 9.95. The van der Waals surface area contributed by atoms with Crippen molar-refractivity contribution in [2.24, 2.45) is 0 Å². The van der Waals surface area contributed by atoms with E-state index >= 15 is 0 Å². The molecule has 0 fully saturated rings. The summed E-state index contributed by atoms with van der Waals surface area (Å²) >= 11 is 0. The van der Waals surface area contributed by atoms with Crippen molar-refractivity contribution < 1.29 is 9.32 Å². The molecule has 17 heavy (non-hydrogen) atoms. The molecule has 1 aromatic carbocycles. The lowest BCUT2D eigenvalue weighted by atomic mass is 10.1. The molecule has 2 aromatic rings. The fourth-order valence-corrected chi connectivity index (χ4v) is 1.31. The van der Waals surface area contributed by atoms with Crippen molar-refractivity contribution in [1.29, 1.82) is 5.26 Å². The van der Waals surface area contributed by atoms with Crippen LogP contribution in [0.15, 0.2) is 34.9 Å². The van der Waals surface area contributed by atoms with Crippen molar-refractivity contribution in [3.8, 4) is 6.07 Å². The summed E-state index contributed by atoms with van der Waals surface area (Å²) in [5.74, 6) is 0.708. The van der Waals surface area contributed by atoms with Gasteiger partial charge in [0.15, 0.2) is 5.82 Å². The van der Waals surface area contributed by atoms with Crippen molar-refractivity contribution in [2.45, 2.75) is 6.92 Å². The Bertz CT molecular complexity index is 579. The number of nitrogens with zero attached hydrogens (tertiary/aromatic N) is 2. The molecule has 0 radical (unpaired) electrons. The van der Waals surface area contributed by atoms with Crippen LogP contribution in [0.5, 0.6) is 0 Å². The summed E-state index contributed by atoms with van der Waals surface area (Å²) in [7, 11) is 0. The van der Waals surface area contributed by atoms with Gasteiger partial charge in [-0.3, -0.25) is 4.79 Å². The molecule has 0 bridgehead atoms. The Morgan fingerprint density at radius 2 is 2.12 bits per heavy atom. The maximum absolute atomic E-state index is 11.7. The highest BCUT2D eigenvalue weighted by molar-refractivity contribution is 6.03. The predicted molar refractivity (Wildman–Crippen MR) is 60.4 cm³/mol. The van der Waals surface area contributed by atoms with E-state index in [2.05, 4.69) is 10.5 Å². The van der Waals surface area contributed by atoms with Gasteiger partial charge in [-0.25, -0.2) is 0 Å². The highest BCUT2D eigenvalue weighted by atomic mass is 16.5. The van der Waals surface area contributed by atoms with Crippen LogP contribution in [-0.2, 0) is 0 Å². The Morgan fingerprint density at radius 3 is 2.65 bits per heavy atom. The molecule has 5 heteroatoms. The van der Waals surface area contributed by atoms with Crippen LogP contribution in [0.3, 0.4) is 0 Å². The molecule has 84 valence electrons. The lowest BCUT2D eigenvalue weighted by Gasteiger charge is -2.00. The molecule has 5 nitrogen and oxygen atoms in total. The van der Waals surface area contributed by atoms with Crippen LogP contribution < -0.4 is 5.32 Å². The van der Waals surface area contributed by atoms with E-state index in [1.54, 1.807) is 37.3 Å². The second kappa shape index (κ2) is 4.49. The molecular weight excluding hydrogens is 218 g/mol. The lowest BCUT2D eigenvalue weighted by molar-refractivity contribution is 0.102. The molecule has 0 aliphatic heterocycles. The molecule has 0 saturated heterocycles. The SMILES string of the molecule is Cc1cc(NC(=O)c2ccc(C#N)cc2)no1. The Labute approximate surface area is 97.7 Å². The molecule has 1 amide bonds. The zero-order valence-electron chi connectivity index (χ0n) is 9.10. The molecule has 1 aromatic heterocycles. The van der Waals surface area contributed by atoms with Gasteiger partial charge in [0.05, 0.1) is 11.6 Å². The zero-order chi connectivity index (χ0) is 12.3. The van der Waals surface area contributed by atoms with Gasteiger partial charge in [-0.05, 0) is 31.2 Å². The van der Waals surface area contributed by atoms with E-state index in [0.717, 1.165) is 0 Å². The first kappa shape index (κ1) is 10.9. The van der Waals surface area contributed by atoms with E-state index in [9.17, 15) is 4.79 Å². The summed E-state index contributed by atoms with van der Waals surface area (Å²) in [4.78, 5) is 11.7. The maximum atomic E-state index is 11.7.